The van der Waals surface area contributed by atoms with Gasteiger partial charge < -0.3 is 5.73 Å². The maximum atomic E-state index is 11.5. The van der Waals surface area contributed by atoms with Gasteiger partial charge in [-0.15, -0.1) is 0 Å². The largest absolute Gasteiger partial charge is 0.328 e. The van der Waals surface area contributed by atoms with Gasteiger partial charge in [0.25, 0.3) is 0 Å². The highest BCUT2D eigenvalue weighted by molar-refractivity contribution is 7.90. The fraction of sp³-hybridized carbons (Fsp3) is 0.600. The van der Waals surface area contributed by atoms with Gasteiger partial charge in [0.1, 0.15) is 0 Å². The molecule has 1 fully saturated rings. The lowest BCUT2D eigenvalue weighted by Crippen LogP contribution is -2.46. The van der Waals surface area contributed by atoms with Crippen LogP contribution in [0.15, 0.2) is 29.2 Å². The SMILES string of the molecule is CC1CC(N)CCN1C(C)c1ccc(S(C)(=O)=O)cc1. The zero-order valence-electron chi connectivity index (χ0n) is 12.4. The van der Waals surface area contributed by atoms with Gasteiger partial charge in [-0.2, -0.15) is 0 Å². The van der Waals surface area contributed by atoms with Crippen LogP contribution in [0.1, 0.15) is 38.3 Å². The lowest BCUT2D eigenvalue weighted by Gasteiger charge is -2.40. The highest BCUT2D eigenvalue weighted by Gasteiger charge is 2.27. The Morgan fingerprint density at radius 3 is 2.40 bits per heavy atom. The van der Waals surface area contributed by atoms with E-state index >= 15 is 0 Å². The maximum Gasteiger partial charge on any atom is 0.175 e. The van der Waals surface area contributed by atoms with E-state index < -0.39 is 9.84 Å². The number of nitrogens with two attached hydrogens (primary N) is 1. The van der Waals surface area contributed by atoms with Gasteiger partial charge in [-0.05, 0) is 44.4 Å². The molecule has 2 N–H and O–H groups in total. The van der Waals surface area contributed by atoms with E-state index in [1.165, 1.54) is 6.26 Å². The van der Waals surface area contributed by atoms with Gasteiger partial charge in [-0.25, -0.2) is 8.42 Å². The van der Waals surface area contributed by atoms with Crippen LogP contribution in [-0.4, -0.2) is 38.2 Å². The number of rotatable bonds is 3. The standard InChI is InChI=1S/C15H24N2O2S/c1-11-10-14(16)8-9-17(11)12(2)13-4-6-15(7-5-13)20(3,18)19/h4-7,11-12,14H,8-10,16H2,1-3H3. The van der Waals surface area contributed by atoms with Gasteiger partial charge in [0.05, 0.1) is 4.90 Å². The molecule has 1 aromatic rings. The van der Waals surface area contributed by atoms with Crippen LogP contribution in [0.3, 0.4) is 0 Å². The van der Waals surface area contributed by atoms with Crippen molar-refractivity contribution in [2.24, 2.45) is 5.73 Å². The van der Waals surface area contributed by atoms with E-state index in [4.69, 9.17) is 5.73 Å². The first kappa shape index (κ1) is 15.5. The Labute approximate surface area is 121 Å². The number of benzene rings is 1. The molecule has 0 aromatic heterocycles. The fourth-order valence-electron chi connectivity index (χ4n) is 2.99. The molecule has 0 aliphatic carbocycles. The molecule has 1 aromatic carbocycles. The minimum Gasteiger partial charge on any atom is -0.328 e. The molecule has 0 bridgehead atoms. The van der Waals surface area contributed by atoms with Crippen LogP contribution in [0.5, 0.6) is 0 Å². The van der Waals surface area contributed by atoms with Gasteiger partial charge in [-0.1, -0.05) is 12.1 Å². The van der Waals surface area contributed by atoms with Crippen LogP contribution < -0.4 is 5.73 Å². The molecule has 1 aliphatic heterocycles. The number of sulfone groups is 1. The van der Waals surface area contributed by atoms with Crippen LogP contribution in [0.4, 0.5) is 0 Å². The second-order valence-corrected chi connectivity index (χ2v) is 7.90. The predicted octanol–water partition coefficient (Wildman–Crippen LogP) is 1.96. The van der Waals surface area contributed by atoms with E-state index in [-0.39, 0.29) is 6.04 Å². The number of nitrogens with zero attached hydrogens (tertiary/aromatic N) is 1. The summed E-state index contributed by atoms with van der Waals surface area (Å²) >= 11 is 0. The summed E-state index contributed by atoms with van der Waals surface area (Å²) in [5, 5.41) is 0. The second-order valence-electron chi connectivity index (χ2n) is 5.89. The van der Waals surface area contributed by atoms with Crippen molar-refractivity contribution in [3.63, 3.8) is 0 Å². The Hall–Kier alpha value is -0.910. The summed E-state index contributed by atoms with van der Waals surface area (Å²) in [4.78, 5) is 2.82. The molecule has 0 spiro atoms. The van der Waals surface area contributed by atoms with Crippen LogP contribution in [0, 0.1) is 0 Å². The molecule has 0 saturated carbocycles. The number of likely N-dealkylation sites (tertiary alicyclic amines) is 1. The van der Waals surface area contributed by atoms with E-state index in [1.54, 1.807) is 12.1 Å². The Morgan fingerprint density at radius 1 is 1.30 bits per heavy atom. The van der Waals surface area contributed by atoms with Crippen LogP contribution >= 0.6 is 0 Å². The zero-order valence-corrected chi connectivity index (χ0v) is 13.2. The first-order valence-electron chi connectivity index (χ1n) is 7.10. The molecule has 5 heteroatoms. The maximum absolute atomic E-state index is 11.5. The summed E-state index contributed by atoms with van der Waals surface area (Å²) in [7, 11) is -3.12. The first-order chi connectivity index (χ1) is 9.29. The van der Waals surface area contributed by atoms with E-state index in [0.29, 0.717) is 17.0 Å². The Balaban J connectivity index is 2.15. The molecule has 0 amide bonds. The molecule has 1 heterocycles. The Kier molecular flexibility index (Phi) is 4.52. The Morgan fingerprint density at radius 2 is 1.90 bits per heavy atom. The van der Waals surface area contributed by atoms with Crippen molar-refractivity contribution in [3.05, 3.63) is 29.8 Å². The van der Waals surface area contributed by atoms with Crippen molar-refractivity contribution in [2.45, 2.75) is 49.7 Å². The summed E-state index contributed by atoms with van der Waals surface area (Å²) in [6.45, 7) is 5.38. The lowest BCUT2D eigenvalue weighted by atomic mass is 9.95. The summed E-state index contributed by atoms with van der Waals surface area (Å²) in [5.41, 5.74) is 7.15. The lowest BCUT2D eigenvalue weighted by molar-refractivity contribution is 0.104. The van der Waals surface area contributed by atoms with Gasteiger partial charge in [0.15, 0.2) is 9.84 Å². The molecule has 1 saturated heterocycles. The second kappa shape index (κ2) is 5.84. The van der Waals surface area contributed by atoms with Gasteiger partial charge >= 0.3 is 0 Å². The predicted molar refractivity (Wildman–Crippen MR) is 81.3 cm³/mol. The Bertz CT molecular complexity index is 554. The molecule has 0 radical (unpaired) electrons. The molecule has 4 nitrogen and oxygen atoms in total. The zero-order chi connectivity index (χ0) is 14.9. The molecular weight excluding hydrogens is 272 g/mol. The van der Waals surface area contributed by atoms with E-state index in [1.807, 2.05) is 12.1 Å². The fourth-order valence-corrected chi connectivity index (χ4v) is 3.62. The number of piperidine rings is 1. The molecule has 3 unspecified atom stereocenters. The normalized spacial score (nSPS) is 26.4. The summed E-state index contributed by atoms with van der Waals surface area (Å²) in [6, 6.07) is 8.28. The van der Waals surface area contributed by atoms with Gasteiger partial charge in [0.2, 0.25) is 0 Å². The van der Waals surface area contributed by atoms with Gasteiger partial charge in [-0.3, -0.25) is 4.90 Å². The first-order valence-corrected chi connectivity index (χ1v) is 8.99. The van der Waals surface area contributed by atoms with Crippen LogP contribution in [0.2, 0.25) is 0 Å². The molecule has 2 rings (SSSR count). The summed E-state index contributed by atoms with van der Waals surface area (Å²) in [6.07, 6.45) is 3.28. The number of hydrogen-bond donors (Lipinski definition) is 1. The van der Waals surface area contributed by atoms with E-state index in [2.05, 4.69) is 18.7 Å². The average Bonchev–Trinajstić information content (AvgIpc) is 2.37. The average molecular weight is 296 g/mol. The summed E-state index contributed by atoms with van der Waals surface area (Å²) in [5.74, 6) is 0. The molecular formula is C15H24N2O2S. The number of hydrogen-bond acceptors (Lipinski definition) is 4. The monoisotopic (exact) mass is 296 g/mol. The quantitative estimate of drug-likeness (QED) is 0.926. The third-order valence-corrected chi connectivity index (χ3v) is 5.38. The van der Waals surface area contributed by atoms with E-state index in [0.717, 1.165) is 24.9 Å². The van der Waals surface area contributed by atoms with Crippen LogP contribution in [0.25, 0.3) is 0 Å². The molecule has 3 atom stereocenters. The van der Waals surface area contributed by atoms with E-state index in [9.17, 15) is 8.42 Å². The highest BCUT2D eigenvalue weighted by Crippen LogP contribution is 2.28. The van der Waals surface area contributed by atoms with Crippen molar-refractivity contribution in [3.8, 4) is 0 Å². The van der Waals surface area contributed by atoms with Gasteiger partial charge in [0, 0.05) is 30.9 Å². The van der Waals surface area contributed by atoms with Crippen molar-refractivity contribution in [1.29, 1.82) is 0 Å². The highest BCUT2D eigenvalue weighted by atomic mass is 32.2. The van der Waals surface area contributed by atoms with Crippen molar-refractivity contribution >= 4 is 9.84 Å². The topological polar surface area (TPSA) is 63.4 Å². The van der Waals surface area contributed by atoms with Crippen molar-refractivity contribution in [2.75, 3.05) is 12.8 Å². The molecule has 112 valence electrons. The van der Waals surface area contributed by atoms with Crippen molar-refractivity contribution in [1.82, 2.24) is 4.90 Å². The minimum atomic E-state index is -3.12. The summed E-state index contributed by atoms with van der Waals surface area (Å²) < 4.78 is 23.0. The minimum absolute atomic E-state index is 0.283. The van der Waals surface area contributed by atoms with Crippen LogP contribution in [-0.2, 0) is 9.84 Å². The molecule has 20 heavy (non-hydrogen) atoms. The third-order valence-electron chi connectivity index (χ3n) is 4.26. The molecule has 1 aliphatic rings. The smallest absolute Gasteiger partial charge is 0.175 e. The van der Waals surface area contributed by atoms with Crippen molar-refractivity contribution < 1.29 is 8.42 Å². The third kappa shape index (κ3) is 3.40.